The molecule has 0 aliphatic carbocycles. The monoisotopic (exact) mass is 368 g/mol. The number of benzene rings is 2. The fourth-order valence-electron chi connectivity index (χ4n) is 1.90. The molecule has 0 heterocycles. The largest absolute Gasteiger partial charge is 0.491 e. The first-order valence-corrected chi connectivity index (χ1v) is 8.04. The lowest BCUT2D eigenvalue weighted by Gasteiger charge is -2.10. The van der Waals surface area contributed by atoms with Crippen molar-refractivity contribution in [1.82, 2.24) is 0 Å². The lowest BCUT2D eigenvalue weighted by Crippen LogP contribution is -2.21. The minimum absolute atomic E-state index is 0.113. The van der Waals surface area contributed by atoms with Crippen molar-refractivity contribution in [1.29, 1.82) is 0 Å². The average molecular weight is 369 g/mol. The normalized spacial score (nSPS) is 10.3. The number of nitrogens with one attached hydrogen (secondary N) is 2. The van der Waals surface area contributed by atoms with Gasteiger partial charge in [-0.05, 0) is 30.3 Å². The Kier molecular flexibility index (Phi) is 7.18. The third-order valence-corrected chi connectivity index (χ3v) is 3.79. The van der Waals surface area contributed by atoms with E-state index < -0.39 is 0 Å². The molecule has 0 saturated heterocycles. The van der Waals surface area contributed by atoms with Crippen LogP contribution in [0.5, 0.6) is 5.75 Å². The summed E-state index contributed by atoms with van der Waals surface area (Å²) in [4.78, 5) is 12.0. The summed E-state index contributed by atoms with van der Waals surface area (Å²) in [5.41, 5.74) is 1.38. The number of anilines is 2. The second-order valence-electron chi connectivity index (χ2n) is 4.90. The first kappa shape index (κ1) is 18.4. The zero-order valence-corrected chi connectivity index (χ0v) is 14.7. The van der Waals surface area contributed by atoms with Crippen LogP contribution < -0.4 is 15.4 Å². The molecule has 2 rings (SSSR count). The van der Waals surface area contributed by atoms with E-state index in [1.165, 1.54) is 0 Å². The Hall–Kier alpha value is -1.95. The highest BCUT2D eigenvalue weighted by molar-refractivity contribution is 6.42. The molecule has 2 aromatic carbocycles. The number of hydrogen-bond donors (Lipinski definition) is 2. The van der Waals surface area contributed by atoms with Gasteiger partial charge >= 0.3 is 0 Å². The van der Waals surface area contributed by atoms with E-state index in [4.69, 9.17) is 32.7 Å². The van der Waals surface area contributed by atoms with Gasteiger partial charge in [0.05, 0.1) is 23.2 Å². The summed E-state index contributed by atoms with van der Waals surface area (Å²) in [5.74, 6) is 0.515. The van der Waals surface area contributed by atoms with Gasteiger partial charge in [-0.1, -0.05) is 29.3 Å². The van der Waals surface area contributed by atoms with Crippen molar-refractivity contribution in [2.75, 3.05) is 37.5 Å². The van der Waals surface area contributed by atoms with Gasteiger partial charge in [0.2, 0.25) is 5.91 Å². The van der Waals surface area contributed by atoms with Gasteiger partial charge < -0.3 is 20.1 Å². The highest BCUT2D eigenvalue weighted by Crippen LogP contribution is 2.25. The van der Waals surface area contributed by atoms with Crippen LogP contribution in [0.4, 0.5) is 11.4 Å². The number of hydrogen-bond acceptors (Lipinski definition) is 4. The Balaban J connectivity index is 1.84. The highest BCUT2D eigenvalue weighted by Gasteiger charge is 2.05. The van der Waals surface area contributed by atoms with Gasteiger partial charge in [0.15, 0.2) is 0 Å². The molecule has 0 fully saturated rings. The van der Waals surface area contributed by atoms with Crippen LogP contribution in [0.25, 0.3) is 0 Å². The number of carbonyl (C=O) groups excluding carboxylic acids is 1. The summed E-state index contributed by atoms with van der Waals surface area (Å²) in [5, 5.41) is 6.62. The average Bonchev–Trinajstić information content (AvgIpc) is 2.57. The van der Waals surface area contributed by atoms with Gasteiger partial charge in [-0.2, -0.15) is 0 Å². The molecule has 128 valence electrons. The summed E-state index contributed by atoms with van der Waals surface area (Å²) >= 11 is 11.8. The molecule has 0 saturated carbocycles. The zero-order chi connectivity index (χ0) is 17.4. The predicted molar refractivity (Wildman–Crippen MR) is 97.4 cm³/mol. The maximum atomic E-state index is 12.0. The molecule has 0 atom stereocenters. The molecule has 7 heteroatoms. The second-order valence-corrected chi connectivity index (χ2v) is 5.71. The van der Waals surface area contributed by atoms with Crippen molar-refractivity contribution in [3.05, 3.63) is 52.5 Å². The minimum atomic E-state index is -0.195. The number of methoxy groups -OCH3 is 1. The number of rotatable bonds is 8. The van der Waals surface area contributed by atoms with Crippen molar-refractivity contribution >= 4 is 40.5 Å². The van der Waals surface area contributed by atoms with Crippen molar-refractivity contribution < 1.29 is 14.3 Å². The quantitative estimate of drug-likeness (QED) is 0.689. The third kappa shape index (κ3) is 5.92. The molecule has 0 radical (unpaired) electrons. The predicted octanol–water partition coefficient (Wildman–Crippen LogP) is 4.07. The molecule has 5 nitrogen and oxygen atoms in total. The zero-order valence-electron chi connectivity index (χ0n) is 13.1. The maximum absolute atomic E-state index is 12.0. The summed E-state index contributed by atoms with van der Waals surface area (Å²) < 4.78 is 10.5. The van der Waals surface area contributed by atoms with Gasteiger partial charge in [0, 0.05) is 24.6 Å². The van der Waals surface area contributed by atoms with Crippen LogP contribution in [0.3, 0.4) is 0 Å². The Labute approximate surface area is 150 Å². The van der Waals surface area contributed by atoms with E-state index in [2.05, 4.69) is 10.6 Å². The van der Waals surface area contributed by atoms with E-state index in [1.807, 2.05) is 24.3 Å². The van der Waals surface area contributed by atoms with E-state index >= 15 is 0 Å². The Bertz CT molecular complexity index is 695. The molecule has 24 heavy (non-hydrogen) atoms. The second kappa shape index (κ2) is 9.37. The van der Waals surface area contributed by atoms with E-state index in [-0.39, 0.29) is 12.5 Å². The molecule has 1 amide bonds. The first-order chi connectivity index (χ1) is 11.6. The van der Waals surface area contributed by atoms with Crippen LogP contribution in [-0.2, 0) is 9.53 Å². The number of halogens is 2. The SMILES string of the molecule is COCCOc1cccc(NCC(=O)Nc2ccc(Cl)c(Cl)c2)c1. The van der Waals surface area contributed by atoms with Crippen molar-refractivity contribution in [2.24, 2.45) is 0 Å². The molecular weight excluding hydrogens is 351 g/mol. The number of ether oxygens (including phenoxy) is 2. The van der Waals surface area contributed by atoms with Gasteiger partial charge in [-0.15, -0.1) is 0 Å². The fraction of sp³-hybridized carbons (Fsp3) is 0.235. The standard InChI is InChI=1S/C17H18Cl2N2O3/c1-23-7-8-24-14-4-2-3-12(9-14)20-11-17(22)21-13-5-6-15(18)16(19)10-13/h2-6,9-10,20H,7-8,11H2,1H3,(H,21,22). The van der Waals surface area contributed by atoms with Crippen molar-refractivity contribution in [3.8, 4) is 5.75 Å². The fourth-order valence-corrected chi connectivity index (χ4v) is 2.20. The third-order valence-electron chi connectivity index (χ3n) is 3.05. The molecule has 0 aliphatic rings. The van der Waals surface area contributed by atoms with Gasteiger partial charge in [0.1, 0.15) is 12.4 Å². The highest BCUT2D eigenvalue weighted by atomic mass is 35.5. The molecule has 0 spiro atoms. The van der Waals surface area contributed by atoms with E-state index in [0.29, 0.717) is 34.7 Å². The first-order valence-electron chi connectivity index (χ1n) is 7.29. The molecule has 0 aliphatic heterocycles. The Morgan fingerprint density at radius 1 is 1.04 bits per heavy atom. The molecule has 2 aromatic rings. The molecular formula is C17H18Cl2N2O3. The summed E-state index contributed by atoms with van der Waals surface area (Å²) in [6.45, 7) is 1.10. The van der Waals surface area contributed by atoms with E-state index in [1.54, 1.807) is 25.3 Å². The van der Waals surface area contributed by atoms with Crippen LogP contribution in [0.1, 0.15) is 0 Å². The van der Waals surface area contributed by atoms with Crippen molar-refractivity contribution in [2.45, 2.75) is 0 Å². The molecule has 0 unspecified atom stereocenters. The van der Waals surface area contributed by atoms with Crippen LogP contribution in [0, 0.1) is 0 Å². The maximum Gasteiger partial charge on any atom is 0.243 e. The van der Waals surface area contributed by atoms with Crippen LogP contribution in [0.2, 0.25) is 10.0 Å². The Morgan fingerprint density at radius 3 is 2.62 bits per heavy atom. The molecule has 0 bridgehead atoms. The van der Waals surface area contributed by atoms with Crippen LogP contribution >= 0.6 is 23.2 Å². The minimum Gasteiger partial charge on any atom is -0.491 e. The van der Waals surface area contributed by atoms with Crippen LogP contribution in [-0.4, -0.2) is 32.8 Å². The number of carbonyl (C=O) groups is 1. The summed E-state index contributed by atoms with van der Waals surface area (Å²) in [7, 11) is 1.62. The molecule has 2 N–H and O–H groups in total. The van der Waals surface area contributed by atoms with Gasteiger partial charge in [-0.25, -0.2) is 0 Å². The number of amides is 1. The van der Waals surface area contributed by atoms with Gasteiger partial charge in [0.25, 0.3) is 0 Å². The Morgan fingerprint density at radius 2 is 1.88 bits per heavy atom. The topological polar surface area (TPSA) is 59.6 Å². The summed E-state index contributed by atoms with van der Waals surface area (Å²) in [6, 6.07) is 12.3. The van der Waals surface area contributed by atoms with Gasteiger partial charge in [-0.3, -0.25) is 4.79 Å². The van der Waals surface area contributed by atoms with E-state index in [0.717, 1.165) is 5.69 Å². The smallest absolute Gasteiger partial charge is 0.243 e. The van der Waals surface area contributed by atoms with Crippen LogP contribution in [0.15, 0.2) is 42.5 Å². The lowest BCUT2D eigenvalue weighted by atomic mass is 10.3. The summed E-state index contributed by atoms with van der Waals surface area (Å²) in [6.07, 6.45) is 0. The lowest BCUT2D eigenvalue weighted by molar-refractivity contribution is -0.114. The van der Waals surface area contributed by atoms with E-state index in [9.17, 15) is 4.79 Å². The molecule has 0 aromatic heterocycles. The van der Waals surface area contributed by atoms with Crippen molar-refractivity contribution in [3.63, 3.8) is 0 Å².